The Kier molecular flexibility index (Phi) is 9.66. The number of hydrogen-bond donors (Lipinski definition) is 4. The van der Waals surface area contributed by atoms with Gasteiger partial charge in [-0.3, -0.25) is 14.3 Å². The summed E-state index contributed by atoms with van der Waals surface area (Å²) in [7, 11) is -0.700. The number of carbonyl (C=O) groups excluding carboxylic acids is 2. The lowest BCUT2D eigenvalue weighted by Crippen LogP contribution is -2.51. The van der Waals surface area contributed by atoms with E-state index in [9.17, 15) is 14.7 Å². The van der Waals surface area contributed by atoms with Crippen LogP contribution in [-0.4, -0.2) is 64.8 Å². The Hall–Kier alpha value is -5.56. The third-order valence-corrected chi connectivity index (χ3v) is 16.2. The molecule has 0 aliphatic carbocycles. The molecule has 282 valence electrons. The Labute approximate surface area is 321 Å². The number of rotatable bonds is 12. The highest BCUT2D eigenvalue weighted by Gasteiger charge is 2.64. The molecule has 6 aromatic rings. The second-order valence-electron chi connectivity index (χ2n) is 15.3. The fourth-order valence-electron chi connectivity index (χ4n) is 9.03. The third-order valence-electron chi connectivity index (χ3n) is 11.8. The van der Waals surface area contributed by atoms with Gasteiger partial charge in [0.1, 0.15) is 5.75 Å². The average Bonchev–Trinajstić information content (AvgIpc) is 3.97. The van der Waals surface area contributed by atoms with Gasteiger partial charge in [0.05, 0.1) is 45.9 Å². The number of aromatic amines is 1. The normalized spacial score (nSPS) is 21.1. The summed E-state index contributed by atoms with van der Waals surface area (Å²) in [6.45, 7) is 7.26. The first kappa shape index (κ1) is 36.4. The fourth-order valence-corrected chi connectivity index (χ4v) is 13.1. The summed E-state index contributed by atoms with van der Waals surface area (Å²) in [6, 6.07) is 31.6. The number of hydrogen-bond acceptors (Lipinski definition) is 7. The number of H-pyrrole nitrogens is 1. The molecule has 2 aliphatic heterocycles. The van der Waals surface area contributed by atoms with E-state index in [0.29, 0.717) is 30.0 Å². The summed E-state index contributed by atoms with van der Waals surface area (Å²) in [5.74, 6) is -0.0443. The largest absolute Gasteiger partial charge is 0.497 e. The van der Waals surface area contributed by atoms with Crippen LogP contribution in [0.25, 0.3) is 10.9 Å². The predicted molar refractivity (Wildman–Crippen MR) is 215 cm³/mol. The SMILES string of the molecule is COc1ccc([Si](C)(C)[C@H]2[C@H](CCn3cc(C(CO)c4ccccc4)nn3)O[C@@]3(C(=O)Nc4ccc(NC(=O)Cc5c[nH]c6ccccc56)cc43)[C@@H]2C)cc1. The van der Waals surface area contributed by atoms with Gasteiger partial charge in [-0.05, 0) is 59.5 Å². The summed E-state index contributed by atoms with van der Waals surface area (Å²) in [4.78, 5) is 31.0. The Morgan fingerprint density at radius 1 is 1.05 bits per heavy atom. The number of anilines is 2. The first-order chi connectivity index (χ1) is 26.6. The van der Waals surface area contributed by atoms with E-state index in [1.807, 2.05) is 102 Å². The Bertz CT molecular complexity index is 2340. The van der Waals surface area contributed by atoms with Crippen molar-refractivity contribution < 1.29 is 24.2 Å². The second kappa shape index (κ2) is 14.6. The van der Waals surface area contributed by atoms with Crippen molar-refractivity contribution in [3.05, 3.63) is 132 Å². The number of aliphatic hydroxyl groups is 1. The Balaban J connectivity index is 1.09. The molecule has 2 aliphatic rings. The van der Waals surface area contributed by atoms with Gasteiger partial charge in [0.25, 0.3) is 5.91 Å². The maximum atomic E-state index is 14.3. The fraction of sp³-hybridized carbons (Fsp3) is 0.302. The van der Waals surface area contributed by atoms with E-state index in [-0.39, 0.29) is 48.3 Å². The summed E-state index contributed by atoms with van der Waals surface area (Å²) in [5.41, 5.74) is 4.35. The van der Waals surface area contributed by atoms with Crippen molar-refractivity contribution in [1.29, 1.82) is 0 Å². The third kappa shape index (κ3) is 6.53. The van der Waals surface area contributed by atoms with E-state index < -0.39 is 13.7 Å². The van der Waals surface area contributed by atoms with Crippen molar-refractivity contribution >= 4 is 47.4 Å². The number of nitrogens with zero attached hydrogens (tertiary/aromatic N) is 3. The number of fused-ring (bicyclic) bond motifs is 3. The van der Waals surface area contributed by atoms with Crippen LogP contribution in [0.15, 0.2) is 109 Å². The van der Waals surface area contributed by atoms with Gasteiger partial charge >= 0.3 is 0 Å². The van der Waals surface area contributed by atoms with Crippen molar-refractivity contribution in [3.8, 4) is 5.75 Å². The number of amides is 2. The van der Waals surface area contributed by atoms with E-state index in [0.717, 1.165) is 33.3 Å². The highest BCUT2D eigenvalue weighted by atomic mass is 28.3. The van der Waals surface area contributed by atoms with Crippen LogP contribution >= 0.6 is 0 Å². The summed E-state index contributed by atoms with van der Waals surface area (Å²) in [6.07, 6.45) is 4.26. The second-order valence-corrected chi connectivity index (χ2v) is 20.0. The Morgan fingerprint density at radius 3 is 2.58 bits per heavy atom. The molecule has 0 saturated carbocycles. The molecular weight excluding hydrogens is 709 g/mol. The number of aromatic nitrogens is 4. The van der Waals surface area contributed by atoms with Gasteiger partial charge in [0.2, 0.25) is 5.91 Å². The smallest absolute Gasteiger partial charge is 0.261 e. The van der Waals surface area contributed by atoms with Crippen LogP contribution in [0.2, 0.25) is 18.6 Å². The van der Waals surface area contributed by atoms with Crippen molar-refractivity contribution in [2.24, 2.45) is 5.92 Å². The van der Waals surface area contributed by atoms with E-state index in [4.69, 9.17) is 9.47 Å². The molecule has 55 heavy (non-hydrogen) atoms. The number of aryl methyl sites for hydroxylation is 1. The monoisotopic (exact) mass is 754 g/mol. The van der Waals surface area contributed by atoms with Gasteiger partial charge in [-0.15, -0.1) is 5.10 Å². The Morgan fingerprint density at radius 2 is 1.82 bits per heavy atom. The number of nitrogens with one attached hydrogen (secondary N) is 3. The molecular formula is C43H46N6O5Si. The predicted octanol–water partition coefficient (Wildman–Crippen LogP) is 6.33. The maximum absolute atomic E-state index is 14.3. The zero-order valence-electron chi connectivity index (χ0n) is 31.5. The van der Waals surface area contributed by atoms with Crippen LogP contribution in [0.3, 0.4) is 0 Å². The van der Waals surface area contributed by atoms with Crippen molar-refractivity contribution in [3.63, 3.8) is 0 Å². The molecule has 1 saturated heterocycles. The van der Waals surface area contributed by atoms with Crippen LogP contribution < -0.4 is 20.6 Å². The standard InChI is InChI=1S/C43H46N6O5Si/c1-27-41(55(3,4)32-17-15-31(53-2)16-18-32)39(20-21-49-25-38(47-48-49)34(26-50)28-10-6-5-7-11-28)54-43(27)35-23-30(14-19-37(35)46-42(43)52)45-40(51)22-29-24-44-36-13-9-8-12-33(29)36/h5-19,23-25,27,34,39,41,44,50H,20-22,26H2,1-4H3,(H,45,51)(H,46,52)/t27-,34?,39+,41-,43+/m1/s1. The average molecular weight is 755 g/mol. The minimum Gasteiger partial charge on any atom is -0.497 e. The van der Waals surface area contributed by atoms with Crippen molar-refractivity contribution in [2.75, 3.05) is 24.4 Å². The molecule has 11 nitrogen and oxygen atoms in total. The molecule has 4 heterocycles. The van der Waals surface area contributed by atoms with E-state index in [1.165, 1.54) is 5.19 Å². The molecule has 1 spiro atoms. The minimum atomic E-state index is -2.36. The van der Waals surface area contributed by atoms with Gasteiger partial charge in [0, 0.05) is 52.7 Å². The summed E-state index contributed by atoms with van der Waals surface area (Å²) >= 11 is 0. The molecule has 1 fully saturated rings. The molecule has 2 amide bonds. The van der Waals surface area contributed by atoms with E-state index in [1.54, 1.807) is 7.11 Å². The number of benzene rings is 4. The molecule has 4 N–H and O–H groups in total. The topological polar surface area (TPSA) is 143 Å². The quantitative estimate of drug-likeness (QED) is 0.107. The summed E-state index contributed by atoms with van der Waals surface area (Å²) < 4.78 is 14.5. The first-order valence-corrected chi connectivity index (χ1v) is 21.9. The van der Waals surface area contributed by atoms with Gasteiger partial charge in [-0.25, -0.2) is 0 Å². The number of aliphatic hydroxyl groups excluding tert-OH is 1. The van der Waals surface area contributed by atoms with Crippen LogP contribution in [-0.2, 0) is 32.9 Å². The molecule has 2 aromatic heterocycles. The van der Waals surface area contributed by atoms with Crippen molar-refractivity contribution in [2.45, 2.75) is 62.6 Å². The molecule has 12 heteroatoms. The zero-order valence-corrected chi connectivity index (χ0v) is 32.5. The highest BCUT2D eigenvalue weighted by molar-refractivity contribution is 6.91. The lowest BCUT2D eigenvalue weighted by molar-refractivity contribution is -0.143. The zero-order chi connectivity index (χ0) is 38.3. The minimum absolute atomic E-state index is 0.0233. The molecule has 4 aromatic carbocycles. The maximum Gasteiger partial charge on any atom is 0.261 e. The molecule has 5 atom stereocenters. The molecule has 1 unspecified atom stereocenters. The number of para-hydroxylation sites is 1. The molecule has 8 rings (SSSR count). The van der Waals surface area contributed by atoms with E-state index >= 15 is 0 Å². The highest BCUT2D eigenvalue weighted by Crippen LogP contribution is 2.59. The van der Waals surface area contributed by atoms with Crippen molar-refractivity contribution in [1.82, 2.24) is 20.0 Å². The number of methoxy groups -OCH3 is 1. The lowest BCUT2D eigenvalue weighted by Gasteiger charge is -2.37. The van der Waals surface area contributed by atoms with Crippen LogP contribution in [0.1, 0.15) is 41.6 Å². The molecule has 0 radical (unpaired) electrons. The van der Waals surface area contributed by atoms with Gasteiger partial charge < -0.3 is 30.2 Å². The van der Waals surface area contributed by atoms with Gasteiger partial charge in [0.15, 0.2) is 5.60 Å². The summed E-state index contributed by atoms with van der Waals surface area (Å²) in [5, 5.41) is 27.6. The van der Waals surface area contributed by atoms with Gasteiger partial charge in [-0.1, -0.05) is 91.1 Å². The van der Waals surface area contributed by atoms with Crippen LogP contribution in [0.5, 0.6) is 5.75 Å². The number of ether oxygens (including phenoxy) is 2. The number of carbonyl (C=O) groups is 2. The first-order valence-electron chi connectivity index (χ1n) is 18.8. The van der Waals surface area contributed by atoms with E-state index in [2.05, 4.69) is 58.1 Å². The van der Waals surface area contributed by atoms with Crippen LogP contribution in [0.4, 0.5) is 11.4 Å². The molecule has 0 bridgehead atoms. The van der Waals surface area contributed by atoms with Crippen LogP contribution in [0, 0.1) is 5.92 Å². The lowest BCUT2D eigenvalue weighted by atomic mass is 9.82. The van der Waals surface area contributed by atoms with Gasteiger partial charge in [-0.2, -0.15) is 0 Å².